The lowest BCUT2D eigenvalue weighted by Gasteiger charge is -1.98. The zero-order valence-electron chi connectivity index (χ0n) is 15.3. The third-order valence-corrected chi connectivity index (χ3v) is 6.73. The Hall–Kier alpha value is -3.17. The van der Waals surface area contributed by atoms with Gasteiger partial charge >= 0.3 is 0 Å². The Kier molecular flexibility index (Phi) is 4.53. The summed E-state index contributed by atoms with van der Waals surface area (Å²) in [6, 6.07) is 9.96. The van der Waals surface area contributed by atoms with Gasteiger partial charge in [0.25, 0.3) is 0 Å². The summed E-state index contributed by atoms with van der Waals surface area (Å²) in [5, 5.41) is 11.2. The molecule has 4 aromatic rings. The van der Waals surface area contributed by atoms with Crippen molar-refractivity contribution in [3.05, 3.63) is 48.9 Å². The highest BCUT2D eigenvalue weighted by Gasteiger charge is 2.30. The monoisotopic (exact) mass is 420 g/mol. The first kappa shape index (κ1) is 17.9. The minimum Gasteiger partial charge on any atom is -0.302 e. The molecule has 0 aliphatic heterocycles. The van der Waals surface area contributed by atoms with E-state index in [4.69, 9.17) is 4.98 Å². The van der Waals surface area contributed by atoms with Gasteiger partial charge in [0.05, 0.1) is 21.1 Å². The molecule has 3 aromatic heterocycles. The molecule has 0 saturated heterocycles. The minimum absolute atomic E-state index is 0.0346. The molecule has 1 saturated carbocycles. The van der Waals surface area contributed by atoms with Crippen molar-refractivity contribution in [3.63, 3.8) is 0 Å². The lowest BCUT2D eigenvalue weighted by atomic mass is 10.1. The average Bonchev–Trinajstić information content (AvgIpc) is 3.14. The highest BCUT2D eigenvalue weighted by molar-refractivity contribution is 7.25. The number of amides is 1. The normalized spacial score (nSPS) is 13.4. The number of aromatic nitrogens is 5. The number of thiazole rings is 2. The van der Waals surface area contributed by atoms with Gasteiger partial charge in [0, 0.05) is 11.5 Å². The summed E-state index contributed by atoms with van der Waals surface area (Å²) in [5.41, 5.74) is 2.53. The number of carbonyl (C=O) groups excluding carboxylic acids is 1. The molecule has 144 valence electrons. The molecule has 0 radical (unpaired) electrons. The number of nitrogens with one attached hydrogen (secondary N) is 2. The molecule has 3 heterocycles. The van der Waals surface area contributed by atoms with Crippen LogP contribution in [0.5, 0.6) is 0 Å². The molecule has 1 fully saturated rings. The molecule has 0 spiro atoms. The van der Waals surface area contributed by atoms with E-state index in [1.807, 2.05) is 30.3 Å². The number of anilines is 1. The molecule has 9 heteroatoms. The Morgan fingerprint density at radius 2 is 2.00 bits per heavy atom. The van der Waals surface area contributed by atoms with Crippen LogP contribution in [0.4, 0.5) is 5.13 Å². The van der Waals surface area contributed by atoms with Gasteiger partial charge in [-0.3, -0.25) is 9.89 Å². The van der Waals surface area contributed by atoms with Gasteiger partial charge in [-0.05, 0) is 18.9 Å². The smallest absolute Gasteiger partial charge is 0.229 e. The number of hydrogen-bond acceptors (Lipinski definition) is 7. The van der Waals surface area contributed by atoms with Gasteiger partial charge < -0.3 is 5.32 Å². The molecule has 7 nitrogen and oxygen atoms in total. The molecule has 1 aromatic carbocycles. The molecule has 0 atom stereocenters. The van der Waals surface area contributed by atoms with Crippen LogP contribution >= 0.6 is 22.7 Å². The van der Waals surface area contributed by atoms with E-state index in [0.29, 0.717) is 16.6 Å². The average molecular weight is 421 g/mol. The van der Waals surface area contributed by atoms with Crippen molar-refractivity contribution >= 4 is 39.8 Å². The fourth-order valence-corrected chi connectivity index (χ4v) is 5.00. The van der Waals surface area contributed by atoms with E-state index in [1.54, 1.807) is 6.08 Å². The summed E-state index contributed by atoms with van der Waals surface area (Å²) in [6.07, 6.45) is 5.07. The number of rotatable bonds is 6. The first-order chi connectivity index (χ1) is 14.2. The van der Waals surface area contributed by atoms with E-state index in [2.05, 4.69) is 32.1 Å². The fourth-order valence-electron chi connectivity index (χ4n) is 2.91. The Bertz CT molecular complexity index is 1180. The van der Waals surface area contributed by atoms with E-state index in [9.17, 15) is 4.79 Å². The Morgan fingerprint density at radius 1 is 1.17 bits per heavy atom. The summed E-state index contributed by atoms with van der Waals surface area (Å²) >= 11 is 2.92. The Labute approximate surface area is 174 Å². The zero-order chi connectivity index (χ0) is 19.8. The van der Waals surface area contributed by atoms with Crippen LogP contribution in [0, 0.1) is 5.92 Å². The quantitative estimate of drug-likeness (QED) is 0.471. The SMILES string of the molecule is C=Cc1nc(NC(=O)C2CC2)sc1-c1nc(-c2ccccc2)c(-c2ncn[nH]2)s1. The van der Waals surface area contributed by atoms with E-state index in [1.165, 1.54) is 29.0 Å². The lowest BCUT2D eigenvalue weighted by molar-refractivity contribution is -0.117. The van der Waals surface area contributed by atoms with Gasteiger partial charge in [-0.15, -0.1) is 11.3 Å². The number of nitrogens with zero attached hydrogens (tertiary/aromatic N) is 4. The largest absolute Gasteiger partial charge is 0.302 e. The first-order valence-electron chi connectivity index (χ1n) is 9.09. The summed E-state index contributed by atoms with van der Waals surface area (Å²) in [4.78, 5) is 27.6. The van der Waals surface area contributed by atoms with Gasteiger partial charge in [0.1, 0.15) is 11.3 Å². The fraction of sp³-hybridized carbons (Fsp3) is 0.150. The van der Waals surface area contributed by atoms with Crippen LogP contribution in [0.2, 0.25) is 0 Å². The third-order valence-electron chi connectivity index (χ3n) is 4.52. The first-order valence-corrected chi connectivity index (χ1v) is 10.7. The Morgan fingerprint density at radius 3 is 2.69 bits per heavy atom. The molecule has 0 bridgehead atoms. The van der Waals surface area contributed by atoms with Crippen molar-refractivity contribution in [3.8, 4) is 31.8 Å². The topological polar surface area (TPSA) is 96.5 Å². The highest BCUT2D eigenvalue weighted by atomic mass is 32.1. The van der Waals surface area contributed by atoms with Gasteiger partial charge in [-0.25, -0.2) is 15.0 Å². The van der Waals surface area contributed by atoms with Crippen molar-refractivity contribution < 1.29 is 4.79 Å². The predicted octanol–water partition coefficient (Wildman–Crippen LogP) is 4.71. The van der Waals surface area contributed by atoms with Crippen LogP contribution in [0.1, 0.15) is 18.5 Å². The molecular formula is C20H16N6OS2. The van der Waals surface area contributed by atoms with Crippen molar-refractivity contribution in [1.29, 1.82) is 0 Å². The van der Waals surface area contributed by atoms with Crippen LogP contribution in [-0.4, -0.2) is 31.1 Å². The number of benzene rings is 1. The molecule has 1 aliphatic rings. The van der Waals surface area contributed by atoms with Gasteiger partial charge in [-0.2, -0.15) is 5.10 Å². The second-order valence-electron chi connectivity index (χ2n) is 6.60. The summed E-state index contributed by atoms with van der Waals surface area (Å²) in [7, 11) is 0. The predicted molar refractivity (Wildman–Crippen MR) is 115 cm³/mol. The van der Waals surface area contributed by atoms with E-state index < -0.39 is 0 Å². The molecule has 1 amide bonds. The molecular weight excluding hydrogens is 404 g/mol. The maximum atomic E-state index is 12.1. The molecule has 2 N–H and O–H groups in total. The second-order valence-corrected chi connectivity index (χ2v) is 8.60. The molecule has 29 heavy (non-hydrogen) atoms. The number of carbonyl (C=O) groups is 1. The van der Waals surface area contributed by atoms with Crippen molar-refractivity contribution in [2.75, 3.05) is 5.32 Å². The van der Waals surface area contributed by atoms with Crippen molar-refractivity contribution in [2.45, 2.75) is 12.8 Å². The van der Waals surface area contributed by atoms with Crippen LogP contribution < -0.4 is 5.32 Å². The zero-order valence-corrected chi connectivity index (χ0v) is 16.9. The van der Waals surface area contributed by atoms with Crippen molar-refractivity contribution in [1.82, 2.24) is 25.1 Å². The molecule has 0 unspecified atom stereocenters. The van der Waals surface area contributed by atoms with Gasteiger partial charge in [0.2, 0.25) is 5.91 Å². The summed E-state index contributed by atoms with van der Waals surface area (Å²) in [6.45, 7) is 3.87. The van der Waals surface area contributed by atoms with E-state index in [0.717, 1.165) is 38.9 Å². The van der Waals surface area contributed by atoms with Crippen molar-refractivity contribution in [2.24, 2.45) is 5.92 Å². The van der Waals surface area contributed by atoms with E-state index in [-0.39, 0.29) is 11.8 Å². The Balaban J connectivity index is 1.58. The van der Waals surface area contributed by atoms with E-state index >= 15 is 0 Å². The minimum atomic E-state index is 0.0346. The van der Waals surface area contributed by atoms with Crippen LogP contribution in [0.25, 0.3) is 37.9 Å². The lowest BCUT2D eigenvalue weighted by Crippen LogP contribution is -2.12. The van der Waals surface area contributed by atoms with Crippen LogP contribution in [-0.2, 0) is 4.79 Å². The molecule has 5 rings (SSSR count). The maximum Gasteiger partial charge on any atom is 0.229 e. The van der Waals surface area contributed by atoms with Crippen LogP contribution in [0.15, 0.2) is 43.2 Å². The maximum absolute atomic E-state index is 12.1. The number of aromatic amines is 1. The highest BCUT2D eigenvalue weighted by Crippen LogP contribution is 2.43. The van der Waals surface area contributed by atoms with Gasteiger partial charge in [0.15, 0.2) is 11.0 Å². The standard InChI is InChI=1S/C20H16N6OS2/c1-2-13-15(29-20(23-13)25-18(27)12-8-9-12)19-24-14(11-6-4-3-5-7-11)16(28-19)17-21-10-22-26-17/h2-7,10,12H,1,8-9H2,(H,21,22,26)(H,23,25,27). The number of hydrogen-bond donors (Lipinski definition) is 2. The van der Waals surface area contributed by atoms with Gasteiger partial charge in [-0.1, -0.05) is 48.2 Å². The van der Waals surface area contributed by atoms with Crippen LogP contribution in [0.3, 0.4) is 0 Å². The molecule has 1 aliphatic carbocycles. The summed E-state index contributed by atoms with van der Waals surface area (Å²) < 4.78 is 0. The third kappa shape index (κ3) is 3.50. The number of H-pyrrole nitrogens is 1. The summed E-state index contributed by atoms with van der Waals surface area (Å²) in [5.74, 6) is 0.823. The second kappa shape index (κ2) is 7.34.